The Kier molecular flexibility index (Phi) is 3.42. The van der Waals surface area contributed by atoms with Crippen molar-refractivity contribution in [1.82, 2.24) is 10.2 Å². The average Bonchev–Trinajstić information content (AvgIpc) is 2.29. The molecule has 0 unspecified atom stereocenters. The molecular formula is C9H16N2O2. The van der Waals surface area contributed by atoms with E-state index in [0.717, 1.165) is 6.54 Å². The van der Waals surface area contributed by atoms with Crippen molar-refractivity contribution in [3.8, 4) is 0 Å². The molecule has 1 fully saturated rings. The summed E-state index contributed by atoms with van der Waals surface area (Å²) in [6, 6.07) is 0.424. The minimum absolute atomic E-state index is 0.0319. The lowest BCUT2D eigenvalue weighted by molar-refractivity contribution is -0.127. The fourth-order valence-electron chi connectivity index (χ4n) is 1.33. The monoisotopic (exact) mass is 184 g/mol. The minimum Gasteiger partial charge on any atom is -0.334 e. The summed E-state index contributed by atoms with van der Waals surface area (Å²) >= 11 is 0. The highest BCUT2D eigenvalue weighted by atomic mass is 16.2. The summed E-state index contributed by atoms with van der Waals surface area (Å²) in [7, 11) is 0. The quantitative estimate of drug-likeness (QED) is 0.615. The summed E-state index contributed by atoms with van der Waals surface area (Å²) in [6.07, 6.45) is 0.0989. The van der Waals surface area contributed by atoms with Crippen molar-refractivity contribution in [2.45, 2.75) is 26.3 Å². The van der Waals surface area contributed by atoms with Gasteiger partial charge in [0.15, 0.2) is 5.78 Å². The van der Waals surface area contributed by atoms with Gasteiger partial charge in [-0.3, -0.25) is 9.59 Å². The molecule has 0 aromatic heterocycles. The summed E-state index contributed by atoms with van der Waals surface area (Å²) in [4.78, 5) is 23.6. The first-order valence-corrected chi connectivity index (χ1v) is 4.62. The molecule has 0 bridgehead atoms. The van der Waals surface area contributed by atoms with Crippen LogP contribution in [0.25, 0.3) is 0 Å². The SMILES string of the molecule is CC(C)NCCN1CC(=O)CC1=O. The first kappa shape index (κ1) is 10.2. The highest BCUT2D eigenvalue weighted by molar-refractivity contribution is 6.05. The Bertz CT molecular complexity index is 214. The van der Waals surface area contributed by atoms with Gasteiger partial charge >= 0.3 is 0 Å². The molecule has 0 spiro atoms. The van der Waals surface area contributed by atoms with Crippen molar-refractivity contribution in [1.29, 1.82) is 0 Å². The predicted molar refractivity (Wildman–Crippen MR) is 49.3 cm³/mol. The maximum atomic E-state index is 11.1. The van der Waals surface area contributed by atoms with Crippen molar-refractivity contribution >= 4 is 11.7 Å². The van der Waals surface area contributed by atoms with Gasteiger partial charge in [-0.05, 0) is 0 Å². The Balaban J connectivity index is 2.22. The molecule has 0 radical (unpaired) electrons. The molecule has 74 valence electrons. The molecule has 4 nitrogen and oxygen atoms in total. The van der Waals surface area contributed by atoms with Gasteiger partial charge < -0.3 is 10.2 Å². The van der Waals surface area contributed by atoms with Crippen molar-refractivity contribution in [2.24, 2.45) is 0 Å². The smallest absolute Gasteiger partial charge is 0.230 e. The Morgan fingerprint density at radius 1 is 1.46 bits per heavy atom. The fraction of sp³-hybridized carbons (Fsp3) is 0.778. The molecule has 1 heterocycles. The van der Waals surface area contributed by atoms with E-state index in [1.54, 1.807) is 4.90 Å². The normalized spacial score (nSPS) is 17.6. The Hall–Kier alpha value is -0.900. The van der Waals surface area contributed by atoms with Crippen LogP contribution in [0.4, 0.5) is 0 Å². The summed E-state index contributed by atoms with van der Waals surface area (Å²) < 4.78 is 0. The van der Waals surface area contributed by atoms with Gasteiger partial charge in [-0.1, -0.05) is 13.8 Å². The van der Waals surface area contributed by atoms with E-state index < -0.39 is 0 Å². The van der Waals surface area contributed by atoms with Crippen molar-refractivity contribution in [2.75, 3.05) is 19.6 Å². The van der Waals surface area contributed by atoms with Crippen LogP contribution in [0, 0.1) is 0 Å². The molecule has 13 heavy (non-hydrogen) atoms. The number of hydrogen-bond donors (Lipinski definition) is 1. The predicted octanol–water partition coefficient (Wildman–Crippen LogP) is -0.214. The molecule has 1 aliphatic rings. The molecule has 0 aromatic rings. The van der Waals surface area contributed by atoms with Gasteiger partial charge in [0.25, 0.3) is 0 Å². The van der Waals surface area contributed by atoms with Crippen LogP contribution in [-0.2, 0) is 9.59 Å². The van der Waals surface area contributed by atoms with Crippen LogP contribution in [0.15, 0.2) is 0 Å². The number of nitrogens with one attached hydrogen (secondary N) is 1. The van der Waals surface area contributed by atoms with E-state index in [2.05, 4.69) is 19.2 Å². The van der Waals surface area contributed by atoms with Gasteiger partial charge in [-0.25, -0.2) is 0 Å². The molecule has 0 aliphatic carbocycles. The van der Waals surface area contributed by atoms with E-state index in [1.165, 1.54) is 0 Å². The number of amides is 1. The van der Waals surface area contributed by atoms with E-state index in [-0.39, 0.29) is 18.1 Å². The van der Waals surface area contributed by atoms with Crippen LogP contribution in [0.1, 0.15) is 20.3 Å². The Morgan fingerprint density at radius 3 is 2.62 bits per heavy atom. The zero-order valence-corrected chi connectivity index (χ0v) is 8.17. The van der Waals surface area contributed by atoms with Crippen LogP contribution >= 0.6 is 0 Å². The Labute approximate surface area is 78.3 Å². The number of nitrogens with zero attached hydrogens (tertiary/aromatic N) is 1. The average molecular weight is 184 g/mol. The van der Waals surface area contributed by atoms with E-state index in [9.17, 15) is 9.59 Å². The zero-order chi connectivity index (χ0) is 9.84. The summed E-state index contributed by atoms with van der Waals surface area (Å²) in [5.74, 6) is 0.00473. The number of rotatable bonds is 4. The molecule has 4 heteroatoms. The first-order chi connectivity index (χ1) is 6.09. The second-order valence-electron chi connectivity index (χ2n) is 3.64. The van der Waals surface area contributed by atoms with Gasteiger partial charge in [0.1, 0.15) is 0 Å². The number of hydrogen-bond acceptors (Lipinski definition) is 3. The molecule has 0 atom stereocenters. The van der Waals surface area contributed by atoms with Crippen LogP contribution in [-0.4, -0.2) is 42.3 Å². The van der Waals surface area contributed by atoms with Gasteiger partial charge in [-0.2, -0.15) is 0 Å². The van der Waals surface area contributed by atoms with Crippen LogP contribution in [0.2, 0.25) is 0 Å². The largest absolute Gasteiger partial charge is 0.334 e. The molecular weight excluding hydrogens is 168 g/mol. The van der Waals surface area contributed by atoms with Gasteiger partial charge in [0.2, 0.25) is 5.91 Å². The van der Waals surface area contributed by atoms with Crippen molar-refractivity contribution < 1.29 is 9.59 Å². The third-order valence-corrected chi connectivity index (χ3v) is 2.00. The lowest BCUT2D eigenvalue weighted by Crippen LogP contribution is -2.35. The molecule has 0 aromatic carbocycles. The third-order valence-electron chi connectivity index (χ3n) is 2.00. The summed E-state index contributed by atoms with van der Waals surface area (Å²) in [5, 5.41) is 3.20. The van der Waals surface area contributed by atoms with Crippen LogP contribution in [0.3, 0.4) is 0 Å². The van der Waals surface area contributed by atoms with Crippen molar-refractivity contribution in [3.05, 3.63) is 0 Å². The molecule has 1 saturated heterocycles. The molecule has 0 saturated carbocycles. The Morgan fingerprint density at radius 2 is 2.15 bits per heavy atom. The first-order valence-electron chi connectivity index (χ1n) is 4.62. The fourth-order valence-corrected chi connectivity index (χ4v) is 1.33. The lowest BCUT2D eigenvalue weighted by Gasteiger charge is -2.15. The highest BCUT2D eigenvalue weighted by Crippen LogP contribution is 2.04. The lowest BCUT2D eigenvalue weighted by atomic mass is 10.3. The van der Waals surface area contributed by atoms with E-state index in [0.29, 0.717) is 19.1 Å². The second kappa shape index (κ2) is 4.37. The third kappa shape index (κ3) is 3.14. The molecule has 1 N–H and O–H groups in total. The van der Waals surface area contributed by atoms with E-state index in [1.807, 2.05) is 0 Å². The number of carbonyl (C=O) groups is 2. The second-order valence-corrected chi connectivity index (χ2v) is 3.64. The van der Waals surface area contributed by atoms with Crippen LogP contribution < -0.4 is 5.32 Å². The van der Waals surface area contributed by atoms with Gasteiger partial charge in [-0.15, -0.1) is 0 Å². The highest BCUT2D eigenvalue weighted by Gasteiger charge is 2.26. The number of likely N-dealkylation sites (tertiary alicyclic amines) is 1. The van der Waals surface area contributed by atoms with E-state index in [4.69, 9.17) is 0 Å². The maximum absolute atomic E-state index is 11.1. The number of ketones is 1. The summed E-state index contributed by atoms with van der Waals surface area (Å²) in [5.41, 5.74) is 0. The molecule has 1 rings (SSSR count). The van der Waals surface area contributed by atoms with Gasteiger partial charge in [0.05, 0.1) is 13.0 Å². The number of Topliss-reactive ketones (excluding diaryl/α,β-unsaturated/α-hetero) is 1. The van der Waals surface area contributed by atoms with Crippen LogP contribution in [0.5, 0.6) is 0 Å². The zero-order valence-electron chi connectivity index (χ0n) is 8.17. The topological polar surface area (TPSA) is 49.4 Å². The summed E-state index contributed by atoms with van der Waals surface area (Å²) in [6.45, 7) is 5.81. The minimum atomic E-state index is -0.0319. The molecule has 1 aliphatic heterocycles. The van der Waals surface area contributed by atoms with E-state index >= 15 is 0 Å². The maximum Gasteiger partial charge on any atom is 0.230 e. The van der Waals surface area contributed by atoms with Crippen molar-refractivity contribution in [3.63, 3.8) is 0 Å². The van der Waals surface area contributed by atoms with Gasteiger partial charge in [0, 0.05) is 19.1 Å². The molecule has 1 amide bonds. The standard InChI is InChI=1S/C9H16N2O2/c1-7(2)10-3-4-11-6-8(12)5-9(11)13/h7,10H,3-6H2,1-2H3. The number of carbonyl (C=O) groups excluding carboxylic acids is 2.